The second-order valence-corrected chi connectivity index (χ2v) is 8.51. The number of nitrogens with zero attached hydrogens (tertiary/aromatic N) is 3. The molecule has 0 N–H and O–H groups in total. The highest BCUT2D eigenvalue weighted by Crippen LogP contribution is 2.46. The average molecular weight is 399 g/mol. The summed E-state index contributed by atoms with van der Waals surface area (Å²) >= 11 is 0. The first-order valence-electron chi connectivity index (χ1n) is 10.5. The summed E-state index contributed by atoms with van der Waals surface area (Å²) in [7, 11) is 0. The van der Waals surface area contributed by atoms with Crippen LogP contribution in [0.1, 0.15) is 34.5 Å². The summed E-state index contributed by atoms with van der Waals surface area (Å²) in [6, 6.07) is 16.0. The fourth-order valence-electron chi connectivity index (χ4n) is 5.33. The lowest BCUT2D eigenvalue weighted by Crippen LogP contribution is -2.36. The zero-order valence-electron chi connectivity index (χ0n) is 17.3. The highest BCUT2D eigenvalue weighted by Gasteiger charge is 2.49. The molecule has 1 aromatic heterocycles. The smallest absolute Gasteiger partial charge is 0.254 e. The maximum Gasteiger partial charge on any atom is 0.254 e. The van der Waals surface area contributed by atoms with E-state index in [2.05, 4.69) is 24.0 Å². The van der Waals surface area contributed by atoms with E-state index in [9.17, 15) is 9.59 Å². The van der Waals surface area contributed by atoms with Gasteiger partial charge in [-0.15, -0.1) is 0 Å². The van der Waals surface area contributed by atoms with E-state index >= 15 is 0 Å². The molecule has 0 unspecified atom stereocenters. The van der Waals surface area contributed by atoms with Crippen molar-refractivity contribution in [2.75, 3.05) is 19.6 Å². The number of pyridine rings is 1. The van der Waals surface area contributed by atoms with E-state index < -0.39 is 0 Å². The number of rotatable bonds is 2. The zero-order valence-corrected chi connectivity index (χ0v) is 17.3. The van der Waals surface area contributed by atoms with Crippen molar-refractivity contribution in [1.82, 2.24) is 14.8 Å². The summed E-state index contributed by atoms with van der Waals surface area (Å²) in [4.78, 5) is 34.0. The SMILES string of the molecule is CC(=O)N1C[C@H]2CN(C(=O)c3cccc4cnccc34)C[C@H]2[C@H]1c1ccccc1C. The molecule has 2 saturated heterocycles. The molecule has 2 aliphatic rings. The molecule has 5 rings (SSSR count). The maximum absolute atomic E-state index is 13.4. The lowest BCUT2D eigenvalue weighted by molar-refractivity contribution is -0.130. The predicted octanol–water partition coefficient (Wildman–Crippen LogP) is 3.83. The third-order valence-electron chi connectivity index (χ3n) is 6.77. The maximum atomic E-state index is 13.4. The number of hydrogen-bond acceptors (Lipinski definition) is 3. The van der Waals surface area contributed by atoms with Gasteiger partial charge in [-0.05, 0) is 35.6 Å². The normalized spacial score (nSPS) is 23.1. The molecule has 30 heavy (non-hydrogen) atoms. The molecule has 2 aliphatic heterocycles. The second kappa shape index (κ2) is 7.24. The lowest BCUT2D eigenvalue weighted by Gasteiger charge is -2.30. The minimum atomic E-state index is 0.0308. The van der Waals surface area contributed by atoms with Crippen LogP contribution in [0.4, 0.5) is 0 Å². The van der Waals surface area contributed by atoms with Crippen LogP contribution in [0.15, 0.2) is 60.9 Å². The minimum absolute atomic E-state index is 0.0308. The molecule has 5 heteroatoms. The van der Waals surface area contributed by atoms with E-state index in [0.717, 1.165) is 16.3 Å². The molecule has 2 amide bonds. The van der Waals surface area contributed by atoms with Crippen LogP contribution in [0, 0.1) is 18.8 Å². The summed E-state index contributed by atoms with van der Waals surface area (Å²) in [6.07, 6.45) is 3.53. The van der Waals surface area contributed by atoms with Gasteiger partial charge in [0.25, 0.3) is 5.91 Å². The van der Waals surface area contributed by atoms with Crippen LogP contribution in [0.3, 0.4) is 0 Å². The number of carbonyl (C=O) groups is 2. The van der Waals surface area contributed by atoms with Crippen LogP contribution in [0.25, 0.3) is 10.8 Å². The van der Waals surface area contributed by atoms with E-state index in [0.29, 0.717) is 25.6 Å². The topological polar surface area (TPSA) is 53.5 Å². The Morgan fingerprint density at radius 2 is 1.83 bits per heavy atom. The van der Waals surface area contributed by atoms with E-state index in [1.165, 1.54) is 11.1 Å². The van der Waals surface area contributed by atoms with Crippen LogP contribution in [0.5, 0.6) is 0 Å². The Hall–Kier alpha value is -3.21. The molecule has 0 bridgehead atoms. The first-order valence-corrected chi connectivity index (χ1v) is 10.5. The van der Waals surface area contributed by atoms with Crippen molar-refractivity contribution in [3.8, 4) is 0 Å². The number of fused-ring (bicyclic) bond motifs is 2. The van der Waals surface area contributed by atoms with Crippen molar-refractivity contribution in [1.29, 1.82) is 0 Å². The molecule has 0 saturated carbocycles. The number of likely N-dealkylation sites (tertiary alicyclic amines) is 2. The van der Waals surface area contributed by atoms with Crippen LogP contribution in [-0.2, 0) is 4.79 Å². The van der Waals surface area contributed by atoms with Gasteiger partial charge >= 0.3 is 0 Å². The highest BCUT2D eigenvalue weighted by atomic mass is 16.2. The highest BCUT2D eigenvalue weighted by molar-refractivity contribution is 6.06. The predicted molar refractivity (Wildman–Crippen MR) is 116 cm³/mol. The van der Waals surface area contributed by atoms with Gasteiger partial charge in [0.1, 0.15) is 0 Å². The number of aromatic nitrogens is 1. The van der Waals surface area contributed by atoms with Crippen molar-refractivity contribution in [2.24, 2.45) is 11.8 Å². The Morgan fingerprint density at radius 3 is 2.63 bits per heavy atom. The van der Waals surface area contributed by atoms with E-state index in [1.807, 2.05) is 46.2 Å². The van der Waals surface area contributed by atoms with Gasteiger partial charge in [-0.3, -0.25) is 14.6 Å². The largest absolute Gasteiger partial charge is 0.338 e. The summed E-state index contributed by atoms with van der Waals surface area (Å²) in [5, 5.41) is 1.92. The summed E-state index contributed by atoms with van der Waals surface area (Å²) in [6.45, 7) is 5.83. The Bertz CT molecular complexity index is 1140. The van der Waals surface area contributed by atoms with E-state index in [-0.39, 0.29) is 23.8 Å². The van der Waals surface area contributed by atoms with Gasteiger partial charge in [-0.1, -0.05) is 36.4 Å². The number of carbonyl (C=O) groups excluding carboxylic acids is 2. The molecule has 3 heterocycles. The molecular weight excluding hydrogens is 374 g/mol. The van der Waals surface area contributed by atoms with Gasteiger partial charge in [-0.2, -0.15) is 0 Å². The second-order valence-electron chi connectivity index (χ2n) is 8.51. The van der Waals surface area contributed by atoms with Gasteiger partial charge < -0.3 is 9.80 Å². The Kier molecular flexibility index (Phi) is 4.54. The van der Waals surface area contributed by atoms with Crippen molar-refractivity contribution < 1.29 is 9.59 Å². The van der Waals surface area contributed by atoms with Crippen molar-refractivity contribution >= 4 is 22.6 Å². The van der Waals surface area contributed by atoms with Gasteiger partial charge in [0.05, 0.1) is 6.04 Å². The summed E-state index contributed by atoms with van der Waals surface area (Å²) < 4.78 is 0. The fourth-order valence-corrected chi connectivity index (χ4v) is 5.33. The molecule has 2 aromatic carbocycles. The zero-order chi connectivity index (χ0) is 20.8. The molecule has 5 nitrogen and oxygen atoms in total. The van der Waals surface area contributed by atoms with Gasteiger partial charge in [0.15, 0.2) is 0 Å². The van der Waals surface area contributed by atoms with Crippen molar-refractivity contribution in [3.05, 3.63) is 77.6 Å². The Balaban J connectivity index is 1.46. The van der Waals surface area contributed by atoms with Gasteiger partial charge in [0, 0.05) is 61.7 Å². The quantitative estimate of drug-likeness (QED) is 0.658. The number of hydrogen-bond donors (Lipinski definition) is 0. The van der Waals surface area contributed by atoms with Gasteiger partial charge in [-0.25, -0.2) is 0 Å². The first kappa shape index (κ1) is 18.8. The fraction of sp³-hybridized carbons (Fsp3) is 0.320. The third kappa shape index (κ3) is 2.96. The molecule has 0 aliphatic carbocycles. The monoisotopic (exact) mass is 399 g/mol. The first-order chi connectivity index (χ1) is 14.5. The molecule has 0 spiro atoms. The molecule has 152 valence electrons. The Labute approximate surface area is 176 Å². The third-order valence-corrected chi connectivity index (χ3v) is 6.77. The van der Waals surface area contributed by atoms with Gasteiger partial charge in [0.2, 0.25) is 5.91 Å². The number of aryl methyl sites for hydroxylation is 1. The standard InChI is InChI=1S/C25H25N3O2/c1-16-6-3-4-8-20(16)24-23-15-27(13-19(23)14-28(24)17(2)29)25(30)22-9-5-7-18-12-26-11-10-21(18)22/h3-12,19,23-24H,13-15H2,1-2H3/t19-,23-,24-/m1/s1. The average Bonchev–Trinajstić information content (AvgIpc) is 3.32. The van der Waals surface area contributed by atoms with Crippen LogP contribution in [-0.4, -0.2) is 46.2 Å². The molecule has 0 radical (unpaired) electrons. The minimum Gasteiger partial charge on any atom is -0.338 e. The Morgan fingerprint density at radius 1 is 1.00 bits per heavy atom. The number of amides is 2. The van der Waals surface area contributed by atoms with Crippen molar-refractivity contribution in [2.45, 2.75) is 19.9 Å². The van der Waals surface area contributed by atoms with Crippen LogP contribution >= 0.6 is 0 Å². The molecule has 3 atom stereocenters. The van der Waals surface area contributed by atoms with E-state index in [1.54, 1.807) is 19.3 Å². The molecule has 2 fully saturated rings. The molecule has 3 aromatic rings. The summed E-state index contributed by atoms with van der Waals surface area (Å²) in [5.74, 6) is 0.742. The molecular formula is C25H25N3O2. The number of benzene rings is 2. The lowest BCUT2D eigenvalue weighted by atomic mass is 9.87. The van der Waals surface area contributed by atoms with Crippen LogP contribution in [0.2, 0.25) is 0 Å². The summed E-state index contributed by atoms with van der Waals surface area (Å²) in [5.41, 5.74) is 3.12. The van der Waals surface area contributed by atoms with E-state index in [4.69, 9.17) is 0 Å². The van der Waals surface area contributed by atoms with Crippen LogP contribution < -0.4 is 0 Å². The van der Waals surface area contributed by atoms with Crippen molar-refractivity contribution in [3.63, 3.8) is 0 Å².